The summed E-state index contributed by atoms with van der Waals surface area (Å²) in [5.41, 5.74) is 3.64. The predicted octanol–water partition coefficient (Wildman–Crippen LogP) is 4.27. The molecule has 0 saturated carbocycles. The average Bonchev–Trinajstić information content (AvgIpc) is 3.26. The Balaban J connectivity index is 1.65. The van der Waals surface area contributed by atoms with Crippen LogP contribution in [0.3, 0.4) is 0 Å². The molecule has 0 unspecified atom stereocenters. The van der Waals surface area contributed by atoms with Crippen LogP contribution in [-0.2, 0) is 22.4 Å². The average molecular weight is 389 g/mol. The number of nitrogens with one attached hydrogen (secondary N) is 1. The first kappa shape index (κ1) is 18.7. The number of nitrogens with zero attached hydrogens (tertiary/aromatic N) is 1. The van der Waals surface area contributed by atoms with E-state index in [1.807, 2.05) is 17.5 Å². The second-order valence-electron chi connectivity index (χ2n) is 5.69. The fraction of sp³-hybridized carbons (Fsp3) is 0.316. The molecule has 3 aromatic rings. The summed E-state index contributed by atoms with van der Waals surface area (Å²) < 4.78 is 5.71. The number of para-hydroxylation sites is 1. The highest BCUT2D eigenvalue weighted by atomic mass is 32.2. The highest BCUT2D eigenvalue weighted by molar-refractivity contribution is 8.01. The van der Waals surface area contributed by atoms with Gasteiger partial charge < -0.3 is 9.72 Å². The van der Waals surface area contributed by atoms with Crippen molar-refractivity contribution in [2.75, 3.05) is 12.4 Å². The van der Waals surface area contributed by atoms with Gasteiger partial charge in [0.1, 0.15) is 0 Å². The van der Waals surface area contributed by atoms with Gasteiger partial charge in [-0.05, 0) is 18.9 Å². The number of carbonyl (C=O) groups is 2. The number of thiazole rings is 1. The number of aromatic nitrogens is 2. The van der Waals surface area contributed by atoms with E-state index in [1.54, 1.807) is 13.1 Å². The van der Waals surface area contributed by atoms with Gasteiger partial charge in [-0.3, -0.25) is 9.59 Å². The van der Waals surface area contributed by atoms with E-state index in [0.29, 0.717) is 23.6 Å². The Kier molecular flexibility index (Phi) is 6.11. The number of aryl methyl sites for hydroxylation is 1. The molecule has 0 aliphatic carbocycles. The van der Waals surface area contributed by atoms with Crippen LogP contribution in [0, 0.1) is 0 Å². The third-order valence-corrected chi connectivity index (χ3v) is 6.04. The number of ether oxygens (including phenoxy) is 1. The fourth-order valence-corrected chi connectivity index (χ4v) is 4.47. The highest BCUT2D eigenvalue weighted by Gasteiger charge is 2.15. The van der Waals surface area contributed by atoms with Crippen molar-refractivity contribution in [2.45, 2.75) is 31.0 Å². The molecule has 7 heteroatoms. The number of esters is 1. The second-order valence-corrected chi connectivity index (χ2v) is 7.77. The van der Waals surface area contributed by atoms with Gasteiger partial charge in [-0.15, -0.1) is 11.3 Å². The van der Waals surface area contributed by atoms with Crippen molar-refractivity contribution in [3.8, 4) is 0 Å². The number of ketones is 1. The molecule has 0 aliphatic rings. The lowest BCUT2D eigenvalue weighted by Gasteiger charge is -2.01. The van der Waals surface area contributed by atoms with Gasteiger partial charge >= 0.3 is 5.97 Å². The molecule has 2 heterocycles. The lowest BCUT2D eigenvalue weighted by Crippen LogP contribution is -2.07. The normalized spacial score (nSPS) is 11.0. The molecule has 2 aromatic heterocycles. The lowest BCUT2D eigenvalue weighted by molar-refractivity contribution is -0.142. The standard InChI is InChI=1S/C19H20N2O3S2/c1-3-12-6-5-7-14-15(9-20-18(12)14)16(22)11-26-19-21-13(10-25-19)8-17(23)24-4-2/h5-7,9-10,20H,3-4,8,11H2,1-2H3. The minimum atomic E-state index is -0.282. The first-order valence-electron chi connectivity index (χ1n) is 8.47. The SMILES string of the molecule is CCOC(=O)Cc1csc(SCC(=O)c2c[nH]c3c(CC)cccc23)n1. The number of hydrogen-bond acceptors (Lipinski definition) is 6. The molecule has 0 atom stereocenters. The van der Waals surface area contributed by atoms with Gasteiger partial charge in [-0.2, -0.15) is 0 Å². The second kappa shape index (κ2) is 8.51. The van der Waals surface area contributed by atoms with Crippen LogP contribution in [0.1, 0.15) is 35.5 Å². The van der Waals surface area contributed by atoms with Gasteiger partial charge in [0.15, 0.2) is 10.1 Å². The van der Waals surface area contributed by atoms with Crippen molar-refractivity contribution in [3.63, 3.8) is 0 Å². The minimum Gasteiger partial charge on any atom is -0.466 e. The molecule has 3 rings (SSSR count). The van der Waals surface area contributed by atoms with Crippen molar-refractivity contribution in [1.82, 2.24) is 9.97 Å². The van der Waals surface area contributed by atoms with Gasteiger partial charge in [0.05, 0.1) is 24.5 Å². The van der Waals surface area contributed by atoms with Crippen LogP contribution in [0.25, 0.3) is 10.9 Å². The summed E-state index contributed by atoms with van der Waals surface area (Å²) in [6.07, 6.45) is 2.88. The molecule has 136 valence electrons. The Hall–Kier alpha value is -2.12. The third kappa shape index (κ3) is 4.16. The Morgan fingerprint density at radius 2 is 2.15 bits per heavy atom. The lowest BCUT2D eigenvalue weighted by atomic mass is 10.1. The zero-order chi connectivity index (χ0) is 18.5. The van der Waals surface area contributed by atoms with Crippen molar-refractivity contribution in [1.29, 1.82) is 0 Å². The van der Waals surface area contributed by atoms with Crippen LogP contribution >= 0.6 is 23.1 Å². The smallest absolute Gasteiger partial charge is 0.311 e. The number of benzene rings is 1. The fourth-order valence-electron chi connectivity index (χ4n) is 2.74. The molecule has 0 radical (unpaired) electrons. The largest absolute Gasteiger partial charge is 0.466 e. The van der Waals surface area contributed by atoms with E-state index in [4.69, 9.17) is 4.74 Å². The molecular weight excluding hydrogens is 368 g/mol. The van der Waals surface area contributed by atoms with Crippen LogP contribution in [0.15, 0.2) is 34.1 Å². The monoisotopic (exact) mass is 388 g/mol. The van der Waals surface area contributed by atoms with Crippen molar-refractivity contribution in [2.24, 2.45) is 0 Å². The Morgan fingerprint density at radius 1 is 1.31 bits per heavy atom. The van der Waals surface area contributed by atoms with Crippen LogP contribution in [-0.4, -0.2) is 34.1 Å². The molecular formula is C19H20N2O3S2. The maximum Gasteiger partial charge on any atom is 0.311 e. The number of hydrogen-bond donors (Lipinski definition) is 1. The van der Waals surface area contributed by atoms with Gasteiger partial charge in [0.25, 0.3) is 0 Å². The molecule has 0 amide bonds. The van der Waals surface area contributed by atoms with E-state index >= 15 is 0 Å². The van der Waals surface area contributed by atoms with E-state index < -0.39 is 0 Å². The number of carbonyl (C=O) groups excluding carboxylic acids is 2. The van der Waals surface area contributed by atoms with Gasteiger partial charge in [0, 0.05) is 28.0 Å². The van der Waals surface area contributed by atoms with Gasteiger partial charge in [0.2, 0.25) is 0 Å². The zero-order valence-electron chi connectivity index (χ0n) is 14.7. The molecule has 5 nitrogen and oxygen atoms in total. The summed E-state index contributed by atoms with van der Waals surface area (Å²) >= 11 is 2.84. The number of Topliss-reactive ketones (excluding diaryl/α,β-unsaturated/α-hetero) is 1. The van der Waals surface area contributed by atoms with E-state index in [-0.39, 0.29) is 18.2 Å². The van der Waals surface area contributed by atoms with Crippen LogP contribution in [0.5, 0.6) is 0 Å². The van der Waals surface area contributed by atoms with Crippen LogP contribution in [0.2, 0.25) is 0 Å². The van der Waals surface area contributed by atoms with E-state index in [9.17, 15) is 9.59 Å². The van der Waals surface area contributed by atoms with Crippen molar-refractivity contribution in [3.05, 3.63) is 46.6 Å². The molecule has 0 fully saturated rings. The predicted molar refractivity (Wildman–Crippen MR) is 105 cm³/mol. The summed E-state index contributed by atoms with van der Waals surface area (Å²) in [6, 6.07) is 6.04. The van der Waals surface area contributed by atoms with Crippen LogP contribution < -0.4 is 0 Å². The zero-order valence-corrected chi connectivity index (χ0v) is 16.3. The quantitative estimate of drug-likeness (QED) is 0.354. The maximum atomic E-state index is 12.6. The first-order valence-corrected chi connectivity index (χ1v) is 10.3. The molecule has 0 spiro atoms. The number of H-pyrrole nitrogens is 1. The maximum absolute atomic E-state index is 12.6. The Morgan fingerprint density at radius 3 is 2.92 bits per heavy atom. The number of thioether (sulfide) groups is 1. The third-order valence-electron chi connectivity index (χ3n) is 3.97. The van der Waals surface area contributed by atoms with Crippen molar-refractivity contribution < 1.29 is 14.3 Å². The van der Waals surface area contributed by atoms with Crippen molar-refractivity contribution >= 4 is 45.8 Å². The van der Waals surface area contributed by atoms with E-state index in [0.717, 1.165) is 21.7 Å². The van der Waals surface area contributed by atoms with Gasteiger partial charge in [-0.25, -0.2) is 4.98 Å². The summed E-state index contributed by atoms with van der Waals surface area (Å²) in [6.45, 7) is 4.24. The van der Waals surface area contributed by atoms with Gasteiger partial charge in [-0.1, -0.05) is 36.9 Å². The number of aromatic amines is 1. The Bertz CT molecular complexity index is 930. The minimum absolute atomic E-state index is 0.0663. The number of fused-ring (bicyclic) bond motifs is 1. The molecule has 1 aromatic carbocycles. The first-order chi connectivity index (χ1) is 12.6. The molecule has 26 heavy (non-hydrogen) atoms. The molecule has 0 saturated heterocycles. The van der Waals surface area contributed by atoms with Crippen LogP contribution in [0.4, 0.5) is 0 Å². The molecule has 0 bridgehead atoms. The van der Waals surface area contributed by atoms with E-state index in [2.05, 4.69) is 23.0 Å². The summed E-state index contributed by atoms with van der Waals surface area (Å²) in [7, 11) is 0. The molecule has 1 N–H and O–H groups in total. The topological polar surface area (TPSA) is 72.1 Å². The summed E-state index contributed by atoms with van der Waals surface area (Å²) in [4.78, 5) is 31.7. The van der Waals surface area contributed by atoms with E-state index in [1.165, 1.54) is 28.7 Å². The summed E-state index contributed by atoms with van der Waals surface area (Å²) in [5.74, 6) is 0.1000. The Labute approximate surface area is 160 Å². The highest BCUT2D eigenvalue weighted by Crippen LogP contribution is 2.27. The summed E-state index contributed by atoms with van der Waals surface area (Å²) in [5, 5.41) is 2.81. The number of rotatable bonds is 8. The molecule has 0 aliphatic heterocycles.